The van der Waals surface area contributed by atoms with Crippen molar-refractivity contribution in [2.24, 2.45) is 0 Å². The third kappa shape index (κ3) is 5.90. The summed E-state index contributed by atoms with van der Waals surface area (Å²) in [5.41, 5.74) is 15.6. The molecule has 0 radical (unpaired) electrons. The van der Waals surface area contributed by atoms with Crippen LogP contribution in [0.15, 0.2) is 235 Å². The Morgan fingerprint density at radius 1 is 0.344 bits per heavy atom. The topological polar surface area (TPSA) is 21.3 Å². The standard InChI is InChI=1S/C58H38N2O/c1-2-13-39(14-3-1)42-16-12-17-43(37-42)40-25-29-45(30-26-40)59(46-31-33-47(34-32-46)60-55-23-10-7-20-50(55)51-21-8-11-24-56(51)60)54-22-9-6-18-48(54)44-28-36-57-53(38-44)52-35-27-41-15-4-5-19-49(41)58(52)61-57/h1-38H. The molecule has 3 heteroatoms. The summed E-state index contributed by atoms with van der Waals surface area (Å²) in [5, 5.41) is 7.04. The van der Waals surface area contributed by atoms with Gasteiger partial charge in [0.15, 0.2) is 0 Å². The van der Waals surface area contributed by atoms with Crippen molar-refractivity contribution in [1.82, 2.24) is 4.57 Å². The van der Waals surface area contributed by atoms with Crippen molar-refractivity contribution < 1.29 is 4.42 Å². The molecule has 2 heterocycles. The van der Waals surface area contributed by atoms with E-state index in [-0.39, 0.29) is 0 Å². The molecule has 12 rings (SSSR count). The van der Waals surface area contributed by atoms with Gasteiger partial charge in [-0.15, -0.1) is 0 Å². The van der Waals surface area contributed by atoms with E-state index in [4.69, 9.17) is 4.42 Å². The number of benzene rings is 10. The quantitative estimate of drug-likeness (QED) is 0.161. The molecule has 0 saturated carbocycles. The number of hydrogen-bond acceptors (Lipinski definition) is 2. The first-order chi connectivity index (χ1) is 30.2. The van der Waals surface area contributed by atoms with Gasteiger partial charge >= 0.3 is 0 Å². The van der Waals surface area contributed by atoms with Gasteiger partial charge in [-0.3, -0.25) is 0 Å². The third-order valence-corrected chi connectivity index (χ3v) is 12.2. The molecular formula is C58H38N2O. The first kappa shape index (κ1) is 34.9. The Morgan fingerprint density at radius 3 is 1.66 bits per heavy atom. The number of anilines is 3. The van der Waals surface area contributed by atoms with Gasteiger partial charge in [-0.25, -0.2) is 0 Å². The predicted octanol–water partition coefficient (Wildman–Crippen LogP) is 16.3. The number of fused-ring (bicyclic) bond motifs is 8. The van der Waals surface area contributed by atoms with E-state index < -0.39 is 0 Å². The van der Waals surface area contributed by atoms with E-state index in [2.05, 4.69) is 240 Å². The van der Waals surface area contributed by atoms with E-state index in [1.165, 1.54) is 49.4 Å². The molecule has 0 N–H and O–H groups in total. The molecule has 0 aliphatic heterocycles. The average Bonchev–Trinajstić information content (AvgIpc) is 3.89. The summed E-state index contributed by atoms with van der Waals surface area (Å²) in [6, 6.07) is 82.9. The number of aromatic nitrogens is 1. The molecule has 0 aliphatic carbocycles. The van der Waals surface area contributed by atoms with Crippen molar-refractivity contribution in [2.45, 2.75) is 0 Å². The van der Waals surface area contributed by atoms with Crippen molar-refractivity contribution in [2.75, 3.05) is 4.90 Å². The minimum atomic E-state index is 0.886. The van der Waals surface area contributed by atoms with Gasteiger partial charge in [0.05, 0.1) is 16.7 Å². The van der Waals surface area contributed by atoms with E-state index in [9.17, 15) is 0 Å². The monoisotopic (exact) mass is 778 g/mol. The minimum absolute atomic E-state index is 0.886. The van der Waals surface area contributed by atoms with E-state index in [0.717, 1.165) is 61.2 Å². The maximum atomic E-state index is 6.54. The van der Waals surface area contributed by atoms with Crippen LogP contribution in [0.4, 0.5) is 17.1 Å². The van der Waals surface area contributed by atoms with Crippen molar-refractivity contribution in [1.29, 1.82) is 0 Å². The molecule has 0 fully saturated rings. The van der Waals surface area contributed by atoms with Crippen LogP contribution in [0, 0.1) is 0 Å². The molecule has 10 aromatic carbocycles. The highest BCUT2D eigenvalue weighted by Crippen LogP contribution is 2.44. The lowest BCUT2D eigenvalue weighted by atomic mass is 9.98. The van der Waals surface area contributed by atoms with Gasteiger partial charge in [-0.1, -0.05) is 152 Å². The molecule has 0 spiro atoms. The smallest absolute Gasteiger partial charge is 0.143 e. The molecule has 0 bridgehead atoms. The Balaban J connectivity index is 0.999. The van der Waals surface area contributed by atoms with E-state index in [1.54, 1.807) is 0 Å². The summed E-state index contributed by atoms with van der Waals surface area (Å²) in [6.07, 6.45) is 0. The molecule has 2 aromatic heterocycles. The van der Waals surface area contributed by atoms with Crippen molar-refractivity contribution in [3.8, 4) is 39.1 Å². The molecule has 0 atom stereocenters. The average molecular weight is 779 g/mol. The molecular weight excluding hydrogens is 741 g/mol. The highest BCUT2D eigenvalue weighted by molar-refractivity contribution is 6.16. The van der Waals surface area contributed by atoms with Gasteiger partial charge in [-0.2, -0.15) is 0 Å². The fourth-order valence-corrected chi connectivity index (χ4v) is 9.28. The molecule has 286 valence electrons. The Kier molecular flexibility index (Phi) is 8.17. The summed E-state index contributed by atoms with van der Waals surface area (Å²) in [7, 11) is 0. The summed E-state index contributed by atoms with van der Waals surface area (Å²) in [4.78, 5) is 2.39. The lowest BCUT2D eigenvalue weighted by Gasteiger charge is -2.28. The van der Waals surface area contributed by atoms with Crippen molar-refractivity contribution in [3.05, 3.63) is 231 Å². The van der Waals surface area contributed by atoms with E-state index in [0.29, 0.717) is 0 Å². The molecule has 0 saturated heterocycles. The van der Waals surface area contributed by atoms with Crippen LogP contribution in [-0.4, -0.2) is 4.57 Å². The Bertz CT molecular complexity index is 3520. The van der Waals surface area contributed by atoms with Crippen LogP contribution in [0.25, 0.3) is 93.6 Å². The van der Waals surface area contributed by atoms with Crippen molar-refractivity contribution in [3.63, 3.8) is 0 Å². The predicted molar refractivity (Wildman–Crippen MR) is 257 cm³/mol. The number of hydrogen-bond donors (Lipinski definition) is 0. The fraction of sp³-hybridized carbons (Fsp3) is 0. The minimum Gasteiger partial charge on any atom is -0.455 e. The van der Waals surface area contributed by atoms with E-state index in [1.807, 2.05) is 0 Å². The van der Waals surface area contributed by atoms with Crippen molar-refractivity contribution >= 4 is 71.6 Å². The second kappa shape index (κ2) is 14.3. The number of rotatable bonds is 7. The Labute approximate surface area is 353 Å². The summed E-state index contributed by atoms with van der Waals surface area (Å²) in [5.74, 6) is 0. The zero-order chi connectivity index (χ0) is 40.3. The van der Waals surface area contributed by atoms with Crippen LogP contribution in [-0.2, 0) is 0 Å². The van der Waals surface area contributed by atoms with Crippen LogP contribution in [0.3, 0.4) is 0 Å². The first-order valence-electron chi connectivity index (χ1n) is 20.8. The number of furan rings is 1. The lowest BCUT2D eigenvalue weighted by molar-refractivity contribution is 0.672. The highest BCUT2D eigenvalue weighted by atomic mass is 16.3. The van der Waals surface area contributed by atoms with Gasteiger partial charge in [0.25, 0.3) is 0 Å². The third-order valence-electron chi connectivity index (χ3n) is 12.2. The summed E-state index contributed by atoms with van der Waals surface area (Å²) < 4.78 is 8.91. The van der Waals surface area contributed by atoms with Gasteiger partial charge < -0.3 is 13.9 Å². The summed E-state index contributed by atoms with van der Waals surface area (Å²) in [6.45, 7) is 0. The fourth-order valence-electron chi connectivity index (χ4n) is 9.28. The molecule has 3 nitrogen and oxygen atoms in total. The molecule has 0 amide bonds. The zero-order valence-corrected chi connectivity index (χ0v) is 33.2. The normalized spacial score (nSPS) is 11.6. The maximum absolute atomic E-state index is 6.54. The molecule has 61 heavy (non-hydrogen) atoms. The number of nitrogens with zero attached hydrogens (tertiary/aromatic N) is 2. The second-order valence-corrected chi connectivity index (χ2v) is 15.7. The zero-order valence-electron chi connectivity index (χ0n) is 33.2. The van der Waals surface area contributed by atoms with Crippen LogP contribution in [0.1, 0.15) is 0 Å². The van der Waals surface area contributed by atoms with Crippen LogP contribution in [0.2, 0.25) is 0 Å². The molecule has 0 unspecified atom stereocenters. The van der Waals surface area contributed by atoms with E-state index >= 15 is 0 Å². The molecule has 0 aliphatic rings. The van der Waals surface area contributed by atoms with Crippen LogP contribution < -0.4 is 4.90 Å². The molecule has 12 aromatic rings. The highest BCUT2D eigenvalue weighted by Gasteiger charge is 2.20. The summed E-state index contributed by atoms with van der Waals surface area (Å²) >= 11 is 0. The lowest BCUT2D eigenvalue weighted by Crippen LogP contribution is -2.11. The van der Waals surface area contributed by atoms with Gasteiger partial charge in [0, 0.05) is 49.6 Å². The Hall–Kier alpha value is -8.14. The van der Waals surface area contributed by atoms with Gasteiger partial charge in [-0.05, 0) is 112 Å². The SMILES string of the molecule is c1ccc(-c2cccc(-c3ccc(N(c4ccc(-n5c6ccccc6c6ccccc65)cc4)c4ccccc4-c4ccc5oc6c7ccccc7ccc6c5c4)cc3)c2)cc1. The van der Waals surface area contributed by atoms with Crippen LogP contribution >= 0.6 is 0 Å². The maximum Gasteiger partial charge on any atom is 0.143 e. The Morgan fingerprint density at radius 2 is 0.918 bits per heavy atom. The second-order valence-electron chi connectivity index (χ2n) is 15.7. The first-order valence-corrected chi connectivity index (χ1v) is 20.8. The van der Waals surface area contributed by atoms with Gasteiger partial charge in [0.2, 0.25) is 0 Å². The van der Waals surface area contributed by atoms with Crippen LogP contribution in [0.5, 0.6) is 0 Å². The largest absolute Gasteiger partial charge is 0.455 e. The van der Waals surface area contributed by atoms with Gasteiger partial charge in [0.1, 0.15) is 11.2 Å². The number of para-hydroxylation sites is 3.